The monoisotopic (exact) mass is 478 g/mol. The van der Waals surface area contributed by atoms with Gasteiger partial charge in [0.1, 0.15) is 0 Å². The van der Waals surface area contributed by atoms with Crippen molar-refractivity contribution in [2.75, 3.05) is 12.4 Å². The quantitative estimate of drug-likeness (QED) is 0.238. The lowest BCUT2D eigenvalue weighted by Gasteiger charge is -2.16. The molecule has 168 valence electrons. The molecule has 0 unspecified atom stereocenters. The molecule has 0 amide bonds. The van der Waals surface area contributed by atoms with Crippen molar-refractivity contribution in [1.29, 1.82) is 0 Å². The van der Waals surface area contributed by atoms with Crippen LogP contribution in [0.3, 0.4) is 0 Å². The zero-order chi connectivity index (χ0) is 23.7. The topological polar surface area (TPSA) is 79.5 Å². The second-order valence-corrected chi connectivity index (χ2v) is 8.63. The van der Waals surface area contributed by atoms with Crippen molar-refractivity contribution < 1.29 is 9.90 Å². The molecule has 3 aromatic carbocycles. The minimum absolute atomic E-state index is 0.105. The smallest absolute Gasteiger partial charge is 0.307 e. The fourth-order valence-electron chi connectivity index (χ4n) is 3.93. The highest BCUT2D eigenvalue weighted by Gasteiger charge is 2.18. The summed E-state index contributed by atoms with van der Waals surface area (Å²) in [6.07, 6.45) is 1.68. The number of aryl methyl sites for hydroxylation is 2. The molecular formula is C25H23ClN4O2S. The number of carbonyl (C=O) groups is 1. The van der Waals surface area contributed by atoms with Gasteiger partial charge in [0.15, 0.2) is 5.82 Å². The highest BCUT2D eigenvalue weighted by molar-refractivity contribution is 7.80. The van der Waals surface area contributed by atoms with E-state index in [1.807, 2.05) is 62.1 Å². The molecule has 0 aliphatic heterocycles. The number of halogens is 1. The predicted octanol–water partition coefficient (Wildman–Crippen LogP) is 5.91. The first-order chi connectivity index (χ1) is 15.8. The van der Waals surface area contributed by atoms with Crippen LogP contribution in [0.2, 0.25) is 5.02 Å². The van der Waals surface area contributed by atoms with Gasteiger partial charge in [0.05, 0.1) is 17.6 Å². The first kappa shape index (κ1) is 22.9. The number of benzene rings is 3. The Morgan fingerprint density at radius 3 is 2.64 bits per heavy atom. The van der Waals surface area contributed by atoms with E-state index >= 15 is 0 Å². The second-order valence-electron chi connectivity index (χ2n) is 7.75. The predicted molar refractivity (Wildman–Crippen MR) is 138 cm³/mol. The average molecular weight is 479 g/mol. The molecule has 4 aromatic rings. The van der Waals surface area contributed by atoms with Crippen LogP contribution in [0.5, 0.6) is 0 Å². The third-order valence-electron chi connectivity index (χ3n) is 5.54. The summed E-state index contributed by atoms with van der Waals surface area (Å²) < 4.78 is 1.83. The number of carboxylic acids is 1. The van der Waals surface area contributed by atoms with E-state index in [9.17, 15) is 9.90 Å². The maximum atomic E-state index is 11.5. The van der Waals surface area contributed by atoms with Gasteiger partial charge in [-0.15, -0.1) is 12.6 Å². The molecule has 0 radical (unpaired) electrons. The molecule has 1 aromatic heterocycles. The van der Waals surface area contributed by atoms with Crippen molar-refractivity contribution in [1.82, 2.24) is 9.78 Å². The van der Waals surface area contributed by atoms with Gasteiger partial charge in [-0.05, 0) is 59.5 Å². The second kappa shape index (κ2) is 9.29. The maximum Gasteiger partial charge on any atom is 0.307 e. The van der Waals surface area contributed by atoms with Crippen molar-refractivity contribution in [2.45, 2.75) is 18.2 Å². The van der Waals surface area contributed by atoms with E-state index in [2.05, 4.69) is 10.4 Å². The molecule has 0 bridgehead atoms. The van der Waals surface area contributed by atoms with Gasteiger partial charge in [0.25, 0.3) is 0 Å². The number of aliphatic carboxylic acids is 1. The Kier molecular flexibility index (Phi) is 6.44. The number of hydrogen-bond acceptors (Lipinski definition) is 5. The Morgan fingerprint density at radius 1 is 1.24 bits per heavy atom. The fourth-order valence-corrected chi connectivity index (χ4v) is 4.44. The van der Waals surface area contributed by atoms with E-state index in [1.165, 1.54) is 0 Å². The highest BCUT2D eigenvalue weighted by atomic mass is 35.5. The third kappa shape index (κ3) is 4.60. The average Bonchev–Trinajstić information content (AvgIpc) is 3.11. The number of fused-ring (bicyclic) bond motifs is 1. The van der Waals surface area contributed by atoms with Gasteiger partial charge in [-0.2, -0.15) is 5.10 Å². The van der Waals surface area contributed by atoms with Crippen LogP contribution in [0.15, 0.2) is 58.4 Å². The van der Waals surface area contributed by atoms with Crippen molar-refractivity contribution >= 4 is 58.8 Å². The van der Waals surface area contributed by atoms with Gasteiger partial charge in [0.2, 0.25) is 0 Å². The summed E-state index contributed by atoms with van der Waals surface area (Å²) in [5, 5.41) is 18.7. The van der Waals surface area contributed by atoms with E-state index in [-0.39, 0.29) is 6.42 Å². The third-order valence-corrected chi connectivity index (χ3v) is 6.24. The van der Waals surface area contributed by atoms with Crippen LogP contribution in [0.25, 0.3) is 22.0 Å². The molecule has 0 spiro atoms. The lowest BCUT2D eigenvalue weighted by molar-refractivity contribution is -0.136. The van der Waals surface area contributed by atoms with Crippen molar-refractivity contribution in [3.05, 3.63) is 70.2 Å². The molecule has 4 rings (SSSR count). The maximum absolute atomic E-state index is 11.5. The Bertz CT molecular complexity index is 1390. The van der Waals surface area contributed by atoms with Crippen LogP contribution in [-0.2, 0) is 18.3 Å². The minimum atomic E-state index is -0.901. The Morgan fingerprint density at radius 2 is 1.97 bits per heavy atom. The zero-order valence-electron chi connectivity index (χ0n) is 18.4. The van der Waals surface area contributed by atoms with Gasteiger partial charge in [-0.1, -0.05) is 29.8 Å². The van der Waals surface area contributed by atoms with Crippen LogP contribution in [0, 0.1) is 6.92 Å². The molecule has 33 heavy (non-hydrogen) atoms. The number of anilines is 1. The number of thiol groups is 1. The SMILES string of the molecule is CNc1nn(C)c2ccc(C=Nc3cc(C)c(CC(=O)O)c(-c4ccc(Cl)cc4)c3S)cc12. The molecule has 6 nitrogen and oxygen atoms in total. The van der Waals surface area contributed by atoms with Crippen LogP contribution in [0.1, 0.15) is 16.7 Å². The van der Waals surface area contributed by atoms with E-state index in [0.29, 0.717) is 21.2 Å². The summed E-state index contributed by atoms with van der Waals surface area (Å²) in [5.41, 5.74) is 5.75. The Hall–Kier alpha value is -3.29. The lowest BCUT2D eigenvalue weighted by atomic mass is 9.93. The number of hydrogen-bond donors (Lipinski definition) is 3. The minimum Gasteiger partial charge on any atom is -0.481 e. The first-order valence-corrected chi connectivity index (χ1v) is 11.1. The standard InChI is InChI=1S/C25H23ClN4O2S/c1-14-10-20(28-13-15-4-9-21-19(11-15)25(27-2)29-30(21)3)24(33)23(18(14)12-22(31)32)16-5-7-17(26)8-6-16/h4-11,13,33H,12H2,1-3H3,(H,27,29)(H,31,32). The summed E-state index contributed by atoms with van der Waals surface area (Å²) in [7, 11) is 3.75. The first-order valence-electron chi connectivity index (χ1n) is 10.3. The summed E-state index contributed by atoms with van der Waals surface area (Å²) in [6.45, 7) is 1.89. The van der Waals surface area contributed by atoms with Crippen LogP contribution < -0.4 is 5.32 Å². The molecule has 8 heteroatoms. The molecule has 2 N–H and O–H groups in total. The number of aromatic nitrogens is 2. The van der Waals surface area contributed by atoms with E-state index in [0.717, 1.165) is 39.0 Å². The number of rotatable bonds is 6. The Labute approximate surface area is 202 Å². The van der Waals surface area contributed by atoms with Crippen molar-refractivity contribution in [3.63, 3.8) is 0 Å². The van der Waals surface area contributed by atoms with E-state index in [1.54, 1.807) is 18.3 Å². The largest absolute Gasteiger partial charge is 0.481 e. The van der Waals surface area contributed by atoms with Crippen LogP contribution in [-0.4, -0.2) is 34.1 Å². The number of carboxylic acid groups (broad SMARTS) is 1. The van der Waals surface area contributed by atoms with E-state index < -0.39 is 5.97 Å². The number of nitrogens with one attached hydrogen (secondary N) is 1. The molecule has 0 fully saturated rings. The molecule has 0 saturated heterocycles. The normalized spacial score (nSPS) is 11.4. The van der Waals surface area contributed by atoms with Gasteiger partial charge in [-0.25, -0.2) is 0 Å². The molecule has 0 aliphatic rings. The summed E-state index contributed by atoms with van der Waals surface area (Å²) in [4.78, 5) is 16.9. The molecular weight excluding hydrogens is 456 g/mol. The van der Waals surface area contributed by atoms with E-state index in [4.69, 9.17) is 29.2 Å². The van der Waals surface area contributed by atoms with Gasteiger partial charge < -0.3 is 10.4 Å². The van der Waals surface area contributed by atoms with Gasteiger partial charge >= 0.3 is 5.97 Å². The molecule has 0 saturated carbocycles. The van der Waals surface area contributed by atoms with Crippen LogP contribution in [0.4, 0.5) is 11.5 Å². The molecule has 1 heterocycles. The highest BCUT2D eigenvalue weighted by Crippen LogP contribution is 2.39. The number of nitrogens with zero attached hydrogens (tertiary/aromatic N) is 3. The molecule has 0 aliphatic carbocycles. The molecule has 0 atom stereocenters. The fraction of sp³-hybridized carbons (Fsp3) is 0.160. The lowest BCUT2D eigenvalue weighted by Crippen LogP contribution is -2.05. The van der Waals surface area contributed by atoms with Crippen LogP contribution >= 0.6 is 24.2 Å². The van der Waals surface area contributed by atoms with Gasteiger partial charge in [-0.3, -0.25) is 14.5 Å². The van der Waals surface area contributed by atoms with Crippen molar-refractivity contribution in [3.8, 4) is 11.1 Å². The zero-order valence-corrected chi connectivity index (χ0v) is 20.1. The number of aliphatic imine (C=N–C) groups is 1. The van der Waals surface area contributed by atoms with Crippen molar-refractivity contribution in [2.24, 2.45) is 12.0 Å². The summed E-state index contributed by atoms with van der Waals surface area (Å²) in [6, 6.07) is 15.2. The van der Waals surface area contributed by atoms with Gasteiger partial charge in [0, 0.05) is 41.2 Å². The Balaban J connectivity index is 1.81. The summed E-state index contributed by atoms with van der Waals surface area (Å²) >= 11 is 10.8. The summed E-state index contributed by atoms with van der Waals surface area (Å²) in [5.74, 6) is -0.0982.